The van der Waals surface area contributed by atoms with Gasteiger partial charge in [0.1, 0.15) is 13.2 Å². The van der Waals surface area contributed by atoms with Gasteiger partial charge in [-0.05, 0) is 24.6 Å². The van der Waals surface area contributed by atoms with Crippen molar-refractivity contribution in [1.29, 1.82) is 0 Å². The lowest BCUT2D eigenvalue weighted by Gasteiger charge is -2.24. The van der Waals surface area contributed by atoms with Crippen molar-refractivity contribution < 1.29 is 29.0 Å². The van der Waals surface area contributed by atoms with Crippen molar-refractivity contribution in [1.82, 2.24) is 0 Å². The third kappa shape index (κ3) is 12.0. The molecule has 7 nitrogen and oxygen atoms in total. The number of carboxylic acid groups (broad SMARTS) is 1. The van der Waals surface area contributed by atoms with Gasteiger partial charge in [0, 0.05) is 26.5 Å². The quantitative estimate of drug-likeness (QED) is 0.760. The van der Waals surface area contributed by atoms with E-state index < -0.39 is 5.97 Å². The van der Waals surface area contributed by atoms with E-state index in [9.17, 15) is 9.59 Å². The van der Waals surface area contributed by atoms with Crippen molar-refractivity contribution in [2.24, 2.45) is 0 Å². The van der Waals surface area contributed by atoms with Crippen LogP contribution in [0.15, 0.2) is 24.3 Å². The van der Waals surface area contributed by atoms with Gasteiger partial charge >= 0.3 is 11.9 Å². The number of nitrogens with zero attached hydrogens (tertiary/aromatic N) is 1. The summed E-state index contributed by atoms with van der Waals surface area (Å²) in [5, 5.41) is 7.42. The molecule has 0 aliphatic carbocycles. The molecule has 0 aromatic heterocycles. The number of aryl methyl sites for hydroxylation is 1. The molecule has 0 bridgehead atoms. The van der Waals surface area contributed by atoms with E-state index in [1.54, 1.807) is 0 Å². The fourth-order valence-electron chi connectivity index (χ4n) is 1.79. The lowest BCUT2D eigenvalue weighted by molar-refractivity contribution is -0.141. The van der Waals surface area contributed by atoms with E-state index in [-0.39, 0.29) is 11.9 Å². The molecule has 0 fully saturated rings. The van der Waals surface area contributed by atoms with Gasteiger partial charge in [0.15, 0.2) is 0 Å². The molecule has 134 valence electrons. The molecule has 0 radical (unpaired) electrons. The van der Waals surface area contributed by atoms with Crippen molar-refractivity contribution >= 4 is 23.6 Å². The standard InChI is InChI=1S/C15H21NO4.C2H4O2/c1-12-5-4-6-15(11-12)16(7-9-19-13(2)17)8-10-20-14(3)18;1-2(3)4/h4-6,11H,7-10H2,1-3H3;1H3,(H,3,4). The molecule has 0 atom stereocenters. The van der Waals surface area contributed by atoms with Gasteiger partial charge in [-0.15, -0.1) is 0 Å². The number of carbonyl (C=O) groups excluding carboxylic acids is 2. The molecule has 1 rings (SSSR count). The fraction of sp³-hybridized carbons (Fsp3) is 0.471. The minimum atomic E-state index is -0.833. The largest absolute Gasteiger partial charge is 0.481 e. The summed E-state index contributed by atoms with van der Waals surface area (Å²) in [6.45, 7) is 7.60. The van der Waals surface area contributed by atoms with Crippen LogP contribution in [-0.4, -0.2) is 49.3 Å². The van der Waals surface area contributed by atoms with Crippen molar-refractivity contribution in [3.63, 3.8) is 0 Å². The minimum absolute atomic E-state index is 0.297. The summed E-state index contributed by atoms with van der Waals surface area (Å²) >= 11 is 0. The lowest BCUT2D eigenvalue weighted by atomic mass is 10.2. The summed E-state index contributed by atoms with van der Waals surface area (Å²) < 4.78 is 9.93. The van der Waals surface area contributed by atoms with E-state index in [4.69, 9.17) is 19.4 Å². The van der Waals surface area contributed by atoms with Gasteiger partial charge in [-0.3, -0.25) is 14.4 Å². The molecule has 0 saturated carbocycles. The van der Waals surface area contributed by atoms with Gasteiger partial charge in [-0.2, -0.15) is 0 Å². The molecule has 0 amide bonds. The number of ether oxygens (including phenoxy) is 2. The number of hydrogen-bond donors (Lipinski definition) is 1. The number of carboxylic acids is 1. The first-order chi connectivity index (χ1) is 11.2. The topological polar surface area (TPSA) is 93.1 Å². The number of hydrogen-bond acceptors (Lipinski definition) is 6. The van der Waals surface area contributed by atoms with Crippen LogP contribution >= 0.6 is 0 Å². The Morgan fingerprint density at radius 1 is 1.00 bits per heavy atom. The normalized spacial score (nSPS) is 9.33. The molecule has 0 saturated heterocycles. The Morgan fingerprint density at radius 2 is 1.46 bits per heavy atom. The van der Waals surface area contributed by atoms with E-state index in [2.05, 4.69) is 0 Å². The summed E-state index contributed by atoms with van der Waals surface area (Å²) in [7, 11) is 0. The van der Waals surface area contributed by atoms with Crippen LogP contribution < -0.4 is 4.90 Å². The van der Waals surface area contributed by atoms with Crippen molar-refractivity contribution in [2.45, 2.75) is 27.7 Å². The molecule has 1 aromatic carbocycles. The van der Waals surface area contributed by atoms with E-state index in [0.29, 0.717) is 26.3 Å². The molecular weight excluding hydrogens is 314 g/mol. The van der Waals surface area contributed by atoms with Crippen molar-refractivity contribution in [3.8, 4) is 0 Å². The number of benzene rings is 1. The van der Waals surface area contributed by atoms with Gasteiger partial charge < -0.3 is 19.5 Å². The van der Waals surface area contributed by atoms with Crippen LogP contribution in [-0.2, 0) is 23.9 Å². The van der Waals surface area contributed by atoms with Gasteiger partial charge in [-0.1, -0.05) is 12.1 Å². The van der Waals surface area contributed by atoms with Gasteiger partial charge in [0.25, 0.3) is 5.97 Å². The maximum absolute atomic E-state index is 10.8. The van der Waals surface area contributed by atoms with Crippen LogP contribution in [0.25, 0.3) is 0 Å². The number of anilines is 1. The average Bonchev–Trinajstić information content (AvgIpc) is 2.44. The monoisotopic (exact) mass is 339 g/mol. The van der Waals surface area contributed by atoms with Gasteiger partial charge in [-0.25, -0.2) is 0 Å². The lowest BCUT2D eigenvalue weighted by Crippen LogP contribution is -2.31. The van der Waals surface area contributed by atoms with Crippen molar-refractivity contribution in [3.05, 3.63) is 29.8 Å². The first-order valence-electron chi connectivity index (χ1n) is 7.50. The highest BCUT2D eigenvalue weighted by molar-refractivity contribution is 5.66. The SMILES string of the molecule is CC(=O)O.CC(=O)OCCN(CCOC(C)=O)c1cccc(C)c1. The van der Waals surface area contributed by atoms with E-state index in [1.165, 1.54) is 13.8 Å². The molecule has 0 unspecified atom stereocenters. The predicted octanol–water partition coefficient (Wildman–Crippen LogP) is 2.02. The summed E-state index contributed by atoms with van der Waals surface area (Å²) in [6, 6.07) is 8.01. The number of rotatable bonds is 7. The van der Waals surface area contributed by atoms with Crippen LogP contribution in [0.2, 0.25) is 0 Å². The molecule has 0 aliphatic heterocycles. The third-order valence-corrected chi connectivity index (χ3v) is 2.70. The maximum atomic E-state index is 10.8. The second-order valence-corrected chi connectivity index (χ2v) is 5.03. The van der Waals surface area contributed by atoms with Crippen LogP contribution in [0.3, 0.4) is 0 Å². The highest BCUT2D eigenvalue weighted by Gasteiger charge is 2.08. The Bertz CT molecular complexity index is 520. The summed E-state index contributed by atoms with van der Waals surface area (Å²) in [6.07, 6.45) is 0. The molecule has 7 heteroatoms. The second-order valence-electron chi connectivity index (χ2n) is 5.03. The van der Waals surface area contributed by atoms with E-state index in [0.717, 1.165) is 18.2 Å². The summed E-state index contributed by atoms with van der Waals surface area (Å²) in [5.41, 5.74) is 2.16. The third-order valence-electron chi connectivity index (χ3n) is 2.70. The Balaban J connectivity index is 0.00000118. The molecule has 0 spiro atoms. The van der Waals surface area contributed by atoms with Crippen LogP contribution in [0.5, 0.6) is 0 Å². The molecule has 1 N–H and O–H groups in total. The minimum Gasteiger partial charge on any atom is -0.481 e. The smallest absolute Gasteiger partial charge is 0.302 e. The van der Waals surface area contributed by atoms with E-state index in [1.807, 2.05) is 36.1 Å². The van der Waals surface area contributed by atoms with Crippen LogP contribution in [0.1, 0.15) is 26.3 Å². The van der Waals surface area contributed by atoms with Gasteiger partial charge in [0.2, 0.25) is 0 Å². The zero-order valence-electron chi connectivity index (χ0n) is 14.6. The number of esters is 2. The Morgan fingerprint density at radius 3 is 1.83 bits per heavy atom. The molecule has 0 heterocycles. The fourth-order valence-corrected chi connectivity index (χ4v) is 1.79. The zero-order valence-corrected chi connectivity index (χ0v) is 14.6. The predicted molar refractivity (Wildman–Crippen MR) is 90.0 cm³/mol. The Labute approximate surface area is 142 Å². The highest BCUT2D eigenvalue weighted by atomic mass is 16.5. The molecule has 1 aromatic rings. The van der Waals surface area contributed by atoms with E-state index >= 15 is 0 Å². The first kappa shape index (κ1) is 21.4. The number of aliphatic carboxylic acids is 1. The second kappa shape index (κ2) is 11.9. The Kier molecular flexibility index (Phi) is 10.6. The maximum Gasteiger partial charge on any atom is 0.302 e. The summed E-state index contributed by atoms with van der Waals surface area (Å²) in [5.74, 6) is -1.43. The zero-order chi connectivity index (χ0) is 18.5. The van der Waals surface area contributed by atoms with Crippen LogP contribution in [0, 0.1) is 6.92 Å². The molecular formula is C17H25NO6. The van der Waals surface area contributed by atoms with Crippen molar-refractivity contribution in [2.75, 3.05) is 31.2 Å². The highest BCUT2D eigenvalue weighted by Crippen LogP contribution is 2.15. The summed E-state index contributed by atoms with van der Waals surface area (Å²) in [4.78, 5) is 32.6. The molecule has 0 aliphatic rings. The Hall–Kier alpha value is -2.57. The first-order valence-corrected chi connectivity index (χ1v) is 7.50. The van der Waals surface area contributed by atoms with Crippen LogP contribution in [0.4, 0.5) is 5.69 Å². The average molecular weight is 339 g/mol. The number of carbonyl (C=O) groups is 3. The van der Waals surface area contributed by atoms with Gasteiger partial charge in [0.05, 0.1) is 13.1 Å². The molecule has 24 heavy (non-hydrogen) atoms.